The molecule has 0 radical (unpaired) electrons. The number of benzene rings is 1. The lowest BCUT2D eigenvalue weighted by Crippen LogP contribution is -2.53. The number of amides is 1. The van der Waals surface area contributed by atoms with Gasteiger partial charge in [-0.25, -0.2) is 4.39 Å². The lowest BCUT2D eigenvalue weighted by molar-refractivity contribution is -0.150. The lowest BCUT2D eigenvalue weighted by atomic mass is 9.51. The average Bonchev–Trinajstić information content (AvgIpc) is 2.81. The third-order valence-electron chi connectivity index (χ3n) is 7.65. The fourth-order valence-electron chi connectivity index (χ4n) is 5.59. The summed E-state index contributed by atoms with van der Waals surface area (Å²) in [6.07, 6.45) is 10.4. The Labute approximate surface area is 173 Å². The number of halogens is 1. The highest BCUT2D eigenvalue weighted by Gasteiger charge is 2.53. The predicted octanol–water partition coefficient (Wildman–Crippen LogP) is 4.48. The van der Waals surface area contributed by atoms with Gasteiger partial charge in [-0.1, -0.05) is 12.1 Å². The number of ether oxygens (including phenoxy) is 1. The van der Waals surface area contributed by atoms with E-state index in [0.717, 1.165) is 70.2 Å². The zero-order valence-corrected chi connectivity index (χ0v) is 17.3. The van der Waals surface area contributed by atoms with E-state index < -0.39 is 0 Å². The van der Waals surface area contributed by atoms with E-state index >= 15 is 0 Å². The molecule has 4 aliphatic rings. The second-order valence-corrected chi connectivity index (χ2v) is 9.20. The molecule has 2 bridgehead atoms. The van der Waals surface area contributed by atoms with E-state index in [0.29, 0.717) is 17.8 Å². The molecule has 29 heavy (non-hydrogen) atoms. The quantitative estimate of drug-likeness (QED) is 0.766. The molecule has 5 rings (SSSR count). The first-order chi connectivity index (χ1) is 14.1. The van der Waals surface area contributed by atoms with Gasteiger partial charge < -0.3 is 15.4 Å². The number of carbonyl (C=O) groups excluding carboxylic acids is 1. The number of piperidine rings is 1. The van der Waals surface area contributed by atoms with Crippen LogP contribution in [0.2, 0.25) is 0 Å². The zero-order valence-electron chi connectivity index (χ0n) is 17.3. The molecule has 5 heteroatoms. The minimum Gasteiger partial charge on any atom is -0.489 e. The van der Waals surface area contributed by atoms with Crippen molar-refractivity contribution in [2.75, 3.05) is 26.2 Å². The van der Waals surface area contributed by atoms with Crippen LogP contribution in [0.5, 0.6) is 5.75 Å². The van der Waals surface area contributed by atoms with Crippen molar-refractivity contribution >= 4 is 5.91 Å². The van der Waals surface area contributed by atoms with Crippen LogP contribution < -0.4 is 10.5 Å². The maximum atomic E-state index is 13.3. The van der Waals surface area contributed by atoms with E-state index in [2.05, 4.69) is 17.0 Å². The molecule has 1 aromatic carbocycles. The molecule has 4 nitrogen and oxygen atoms in total. The van der Waals surface area contributed by atoms with Crippen LogP contribution in [0.1, 0.15) is 63.4 Å². The molecule has 0 unspecified atom stereocenters. The Balaban J connectivity index is 1.40. The minimum absolute atomic E-state index is 0.0978. The average molecular weight is 401 g/mol. The van der Waals surface area contributed by atoms with Crippen LogP contribution in [0.3, 0.4) is 0 Å². The zero-order chi connectivity index (χ0) is 20.3. The molecule has 2 N–H and O–H groups in total. The SMILES string of the molecule is NC/C(=C\F)COc1ccc(C23CCC(C(=O)N4CCCCC4)(CC2)CC3)cc1. The maximum absolute atomic E-state index is 13.3. The second kappa shape index (κ2) is 8.47. The van der Waals surface area contributed by atoms with Crippen LogP contribution in [-0.4, -0.2) is 37.0 Å². The lowest BCUT2D eigenvalue weighted by Gasteiger charge is -2.54. The fraction of sp³-hybridized carbons (Fsp3) is 0.625. The highest BCUT2D eigenvalue weighted by molar-refractivity contribution is 5.83. The van der Waals surface area contributed by atoms with E-state index in [9.17, 15) is 9.18 Å². The van der Waals surface area contributed by atoms with Gasteiger partial charge in [0.1, 0.15) is 12.4 Å². The first kappa shape index (κ1) is 20.4. The van der Waals surface area contributed by atoms with Gasteiger partial charge in [-0.15, -0.1) is 0 Å². The number of nitrogens with zero attached hydrogens (tertiary/aromatic N) is 1. The van der Waals surface area contributed by atoms with E-state index in [1.165, 1.54) is 12.0 Å². The molecule has 3 saturated carbocycles. The Morgan fingerprint density at radius 2 is 1.66 bits per heavy atom. The third-order valence-corrected chi connectivity index (χ3v) is 7.65. The Morgan fingerprint density at radius 1 is 1.03 bits per heavy atom. The Bertz CT molecular complexity index is 728. The van der Waals surface area contributed by atoms with Crippen molar-refractivity contribution in [3.8, 4) is 5.75 Å². The summed E-state index contributed by atoms with van der Waals surface area (Å²) in [6.45, 7) is 2.25. The molecule has 0 aromatic heterocycles. The summed E-state index contributed by atoms with van der Waals surface area (Å²) in [6, 6.07) is 8.26. The van der Waals surface area contributed by atoms with Gasteiger partial charge in [0, 0.05) is 30.6 Å². The number of nitrogens with two attached hydrogens (primary N) is 1. The second-order valence-electron chi connectivity index (χ2n) is 9.20. The van der Waals surface area contributed by atoms with Crippen LogP contribution in [0, 0.1) is 5.41 Å². The number of likely N-dealkylation sites (tertiary alicyclic amines) is 1. The predicted molar refractivity (Wildman–Crippen MR) is 112 cm³/mol. The van der Waals surface area contributed by atoms with Gasteiger partial charge in [0.15, 0.2) is 0 Å². The maximum Gasteiger partial charge on any atom is 0.228 e. The normalized spacial score (nSPS) is 29.7. The summed E-state index contributed by atoms with van der Waals surface area (Å²) >= 11 is 0. The number of rotatable bonds is 6. The fourth-order valence-corrected chi connectivity index (χ4v) is 5.59. The summed E-state index contributed by atoms with van der Waals surface area (Å²) in [4.78, 5) is 15.4. The van der Waals surface area contributed by atoms with Crippen molar-refractivity contribution in [3.63, 3.8) is 0 Å². The summed E-state index contributed by atoms with van der Waals surface area (Å²) in [5.74, 6) is 1.17. The summed E-state index contributed by atoms with van der Waals surface area (Å²) in [7, 11) is 0. The van der Waals surface area contributed by atoms with Crippen molar-refractivity contribution in [2.45, 2.75) is 63.2 Å². The van der Waals surface area contributed by atoms with E-state index in [1.807, 2.05) is 12.1 Å². The van der Waals surface area contributed by atoms with Crippen molar-refractivity contribution in [3.05, 3.63) is 41.7 Å². The van der Waals surface area contributed by atoms with E-state index in [-0.39, 0.29) is 24.0 Å². The Hall–Kier alpha value is -1.88. The summed E-state index contributed by atoms with van der Waals surface area (Å²) < 4.78 is 18.3. The van der Waals surface area contributed by atoms with Crippen molar-refractivity contribution in [1.82, 2.24) is 4.90 Å². The molecule has 0 atom stereocenters. The monoisotopic (exact) mass is 400 g/mol. The van der Waals surface area contributed by atoms with Gasteiger partial charge in [0.05, 0.1) is 6.33 Å². The third kappa shape index (κ3) is 3.94. The number of fused-ring (bicyclic) bond motifs is 3. The van der Waals surface area contributed by atoms with E-state index in [1.54, 1.807) is 0 Å². The first-order valence-corrected chi connectivity index (χ1v) is 11.1. The highest BCUT2D eigenvalue weighted by atomic mass is 19.1. The van der Waals surface area contributed by atoms with Crippen molar-refractivity contribution in [1.29, 1.82) is 0 Å². The molecule has 0 spiro atoms. The molecule has 3 aliphatic carbocycles. The van der Waals surface area contributed by atoms with Gasteiger partial charge in [-0.05, 0) is 80.9 Å². The molecule has 1 aromatic rings. The van der Waals surface area contributed by atoms with Gasteiger partial charge in [-0.3, -0.25) is 4.79 Å². The molecule has 1 amide bonds. The van der Waals surface area contributed by atoms with Gasteiger partial charge in [-0.2, -0.15) is 0 Å². The van der Waals surface area contributed by atoms with Crippen molar-refractivity contribution < 1.29 is 13.9 Å². The summed E-state index contributed by atoms with van der Waals surface area (Å²) in [5, 5.41) is 0. The van der Waals surface area contributed by atoms with Crippen LogP contribution in [0.15, 0.2) is 36.2 Å². The number of carbonyl (C=O) groups is 1. The topological polar surface area (TPSA) is 55.6 Å². The first-order valence-electron chi connectivity index (χ1n) is 11.1. The van der Waals surface area contributed by atoms with Crippen LogP contribution in [0.4, 0.5) is 4.39 Å². The van der Waals surface area contributed by atoms with Crippen molar-refractivity contribution in [2.24, 2.45) is 11.1 Å². The Morgan fingerprint density at radius 3 is 2.21 bits per heavy atom. The molecule has 158 valence electrons. The van der Waals surface area contributed by atoms with Gasteiger partial charge in [0.2, 0.25) is 5.91 Å². The van der Waals surface area contributed by atoms with Crippen LogP contribution >= 0.6 is 0 Å². The molecule has 1 aliphatic heterocycles. The smallest absolute Gasteiger partial charge is 0.228 e. The molecule has 1 saturated heterocycles. The highest BCUT2D eigenvalue weighted by Crippen LogP contribution is 2.58. The van der Waals surface area contributed by atoms with Gasteiger partial charge >= 0.3 is 0 Å². The number of hydrogen-bond acceptors (Lipinski definition) is 3. The summed E-state index contributed by atoms with van der Waals surface area (Å²) in [5.41, 5.74) is 7.37. The molecular formula is C24H33FN2O2. The largest absolute Gasteiger partial charge is 0.489 e. The standard InChI is InChI=1S/C24H33FN2O2/c25-16-19(17-26)18-29-21-6-4-20(5-7-21)23-8-11-24(12-9-23,13-10-23)22(28)27-14-2-1-3-15-27/h4-7,16H,1-3,8-15,17-18,26H2/b19-16+. The Kier molecular flexibility index (Phi) is 5.95. The van der Waals surface area contributed by atoms with Crippen LogP contribution in [0.25, 0.3) is 0 Å². The van der Waals surface area contributed by atoms with E-state index in [4.69, 9.17) is 10.5 Å². The molecule has 1 heterocycles. The number of hydrogen-bond donors (Lipinski definition) is 1. The molecule has 4 fully saturated rings. The minimum atomic E-state index is -0.0978. The molecular weight excluding hydrogens is 367 g/mol. The van der Waals surface area contributed by atoms with Gasteiger partial charge in [0.25, 0.3) is 0 Å². The van der Waals surface area contributed by atoms with Crippen LogP contribution in [-0.2, 0) is 10.2 Å².